The maximum absolute atomic E-state index is 13.6. The van der Waals surface area contributed by atoms with Gasteiger partial charge in [0.2, 0.25) is 0 Å². The third-order valence-electron chi connectivity index (χ3n) is 12.3. The number of ether oxygens (including phenoxy) is 4. The van der Waals surface area contributed by atoms with Crippen LogP contribution in [0.15, 0.2) is 24.0 Å². The zero-order valence-electron chi connectivity index (χ0n) is 32.3. The van der Waals surface area contributed by atoms with Crippen LogP contribution in [0.4, 0.5) is 0 Å². The zero-order chi connectivity index (χ0) is 35.8. The summed E-state index contributed by atoms with van der Waals surface area (Å²) in [6, 6.07) is 4.26. The van der Waals surface area contributed by atoms with Crippen molar-refractivity contribution in [2.24, 2.45) is 5.41 Å². The van der Waals surface area contributed by atoms with Gasteiger partial charge in [0.1, 0.15) is 11.4 Å². The second-order valence-electron chi connectivity index (χ2n) is 16.0. The number of nitrogens with zero attached hydrogens (tertiary/aromatic N) is 1. The van der Waals surface area contributed by atoms with E-state index in [0.29, 0.717) is 30.8 Å². The molecule has 1 saturated heterocycles. The quantitative estimate of drug-likeness (QED) is 0.0994. The van der Waals surface area contributed by atoms with Crippen LogP contribution in [-0.4, -0.2) is 55.3 Å². The molecule has 2 spiro atoms. The van der Waals surface area contributed by atoms with Crippen molar-refractivity contribution in [1.82, 2.24) is 4.90 Å². The number of carbonyl (C=O) groups excluding carboxylic acids is 2. The SMILES string of the molecule is CCCCC.CCCCCCCCCCCC(=O)OC1=CC[C@@]2(OC(=O)CCCCCC)[C@@H]3N(C)CC34Cc3ccc(OC)c5c3[C@@]2(C4)C1O5. The Morgan fingerprint density at radius 3 is 2.02 bits per heavy atom. The van der Waals surface area contributed by atoms with Crippen molar-refractivity contribution in [3.63, 3.8) is 0 Å². The Bertz CT molecular complexity index is 1340. The standard InChI is InChI=1S/C38H55NO6.C5H12/c1-5-7-9-11-12-13-14-15-17-18-30(40)43-29-22-23-38(45-31(41)19-16-10-8-6-2)35-36(26-39(35)3)24-27-20-21-28(42-4)33-32(27)37(38,25-36)34(29)44-33;1-3-5-4-2/h20-22,34-35H,5-19,23-26H2,1-4H3;3-5H2,1-2H3/t34?,35-,36?,37+,38-;/m1./s1. The van der Waals surface area contributed by atoms with Gasteiger partial charge in [-0.2, -0.15) is 0 Å². The molecule has 0 aromatic heterocycles. The maximum atomic E-state index is 13.6. The van der Waals surface area contributed by atoms with E-state index >= 15 is 0 Å². The number of unbranched alkanes of at least 4 members (excludes halogenated alkanes) is 13. The van der Waals surface area contributed by atoms with Crippen LogP contribution in [0.3, 0.4) is 0 Å². The number of fused-ring (bicyclic) bond motifs is 1. The van der Waals surface area contributed by atoms with E-state index < -0.39 is 17.1 Å². The largest absolute Gasteiger partial charge is 0.493 e. The summed E-state index contributed by atoms with van der Waals surface area (Å²) in [5.74, 6) is 1.66. The number of hydrogen-bond acceptors (Lipinski definition) is 7. The summed E-state index contributed by atoms with van der Waals surface area (Å²) in [5.41, 5.74) is 0.940. The van der Waals surface area contributed by atoms with Crippen LogP contribution in [0, 0.1) is 5.41 Å². The number of esters is 2. The van der Waals surface area contributed by atoms with Gasteiger partial charge in [-0.15, -0.1) is 0 Å². The lowest BCUT2D eigenvalue weighted by molar-refractivity contribution is -0.193. The number of carbonyl (C=O) groups is 2. The molecule has 0 radical (unpaired) electrons. The van der Waals surface area contributed by atoms with Crippen molar-refractivity contribution in [3.05, 3.63) is 35.1 Å². The zero-order valence-corrected chi connectivity index (χ0v) is 32.3. The van der Waals surface area contributed by atoms with Crippen LogP contribution in [-0.2, 0) is 30.9 Å². The van der Waals surface area contributed by atoms with E-state index in [0.717, 1.165) is 75.6 Å². The highest BCUT2D eigenvalue weighted by molar-refractivity contribution is 5.74. The maximum Gasteiger partial charge on any atom is 0.310 e. The van der Waals surface area contributed by atoms with E-state index in [-0.39, 0.29) is 23.4 Å². The van der Waals surface area contributed by atoms with E-state index in [9.17, 15) is 9.59 Å². The lowest BCUT2D eigenvalue weighted by Gasteiger charge is -2.57. The fraction of sp³-hybridized carbons (Fsp3) is 0.767. The van der Waals surface area contributed by atoms with Crippen molar-refractivity contribution >= 4 is 11.9 Å². The van der Waals surface area contributed by atoms with Gasteiger partial charge in [-0.05, 0) is 50.4 Å². The van der Waals surface area contributed by atoms with E-state index in [2.05, 4.69) is 45.7 Å². The molecule has 0 amide bonds. The lowest BCUT2D eigenvalue weighted by atomic mass is 9.59. The summed E-state index contributed by atoms with van der Waals surface area (Å²) in [4.78, 5) is 29.3. The minimum absolute atomic E-state index is 0.00805. The highest BCUT2D eigenvalue weighted by Gasteiger charge is 2.84. The molecule has 50 heavy (non-hydrogen) atoms. The number of methoxy groups -OCH3 is 1. The topological polar surface area (TPSA) is 74.3 Å². The van der Waals surface area contributed by atoms with Gasteiger partial charge in [0.15, 0.2) is 17.6 Å². The van der Waals surface area contributed by atoms with Gasteiger partial charge in [-0.25, -0.2) is 0 Å². The van der Waals surface area contributed by atoms with Crippen molar-refractivity contribution in [2.45, 2.75) is 186 Å². The minimum atomic E-state index is -0.789. The second-order valence-corrected chi connectivity index (χ2v) is 16.0. The molecule has 2 aliphatic heterocycles. The van der Waals surface area contributed by atoms with Crippen molar-refractivity contribution in [1.29, 1.82) is 0 Å². The van der Waals surface area contributed by atoms with Crippen LogP contribution in [0.1, 0.15) is 167 Å². The smallest absolute Gasteiger partial charge is 0.310 e. The number of likely N-dealkylation sites (N-methyl/N-ethyl adjacent to an activating group) is 1. The lowest BCUT2D eigenvalue weighted by Crippen LogP contribution is -2.71. The van der Waals surface area contributed by atoms with Gasteiger partial charge >= 0.3 is 11.9 Å². The summed E-state index contributed by atoms with van der Waals surface area (Å²) in [6.45, 7) is 9.81. The summed E-state index contributed by atoms with van der Waals surface area (Å²) in [6.07, 6.45) is 23.6. The van der Waals surface area contributed by atoms with E-state index in [1.54, 1.807) is 7.11 Å². The summed E-state index contributed by atoms with van der Waals surface area (Å²) < 4.78 is 25.7. The fourth-order valence-corrected chi connectivity index (χ4v) is 10.4. The first-order valence-electron chi connectivity index (χ1n) is 20.5. The van der Waals surface area contributed by atoms with Gasteiger partial charge in [-0.3, -0.25) is 14.5 Å². The summed E-state index contributed by atoms with van der Waals surface area (Å²) in [7, 11) is 3.83. The first-order valence-corrected chi connectivity index (χ1v) is 20.5. The minimum Gasteiger partial charge on any atom is -0.493 e. The molecule has 2 fully saturated rings. The average molecular weight is 694 g/mol. The predicted molar refractivity (Wildman–Crippen MR) is 200 cm³/mol. The highest BCUT2D eigenvalue weighted by Crippen LogP contribution is 2.76. The van der Waals surface area contributed by atoms with Gasteiger partial charge < -0.3 is 18.9 Å². The third-order valence-corrected chi connectivity index (χ3v) is 12.3. The first kappa shape index (κ1) is 38.7. The second kappa shape index (κ2) is 17.3. The molecule has 6 rings (SSSR count). The Morgan fingerprint density at radius 2 is 1.42 bits per heavy atom. The molecule has 0 N–H and O–H groups in total. The van der Waals surface area contributed by atoms with Gasteiger partial charge in [0.25, 0.3) is 0 Å². The van der Waals surface area contributed by atoms with Crippen molar-refractivity contribution in [2.75, 3.05) is 20.7 Å². The average Bonchev–Trinajstić information content (AvgIpc) is 3.52. The van der Waals surface area contributed by atoms with Crippen molar-refractivity contribution in [3.8, 4) is 11.5 Å². The number of hydrogen-bond donors (Lipinski definition) is 0. The monoisotopic (exact) mass is 693 g/mol. The molecule has 2 bridgehead atoms. The molecule has 2 unspecified atom stereocenters. The Hall–Kier alpha value is -2.54. The molecule has 1 aromatic carbocycles. The molecule has 7 heteroatoms. The highest BCUT2D eigenvalue weighted by atomic mass is 16.6. The number of rotatable bonds is 20. The Balaban J connectivity index is 0.000000908. The van der Waals surface area contributed by atoms with Gasteiger partial charge in [-0.1, -0.05) is 124 Å². The predicted octanol–water partition coefficient (Wildman–Crippen LogP) is 10.2. The molecule has 2 heterocycles. The normalized spacial score (nSPS) is 27.9. The molecular weight excluding hydrogens is 626 g/mol. The number of benzene rings is 1. The van der Waals surface area contributed by atoms with Gasteiger partial charge in [0, 0.05) is 36.8 Å². The molecule has 1 aromatic rings. The van der Waals surface area contributed by atoms with Crippen LogP contribution in [0.25, 0.3) is 0 Å². The van der Waals surface area contributed by atoms with Crippen LogP contribution in [0.2, 0.25) is 0 Å². The van der Waals surface area contributed by atoms with E-state index in [1.807, 2.05) is 12.1 Å². The summed E-state index contributed by atoms with van der Waals surface area (Å²) >= 11 is 0. The van der Waals surface area contributed by atoms with Gasteiger partial charge in [0.05, 0.1) is 18.6 Å². The summed E-state index contributed by atoms with van der Waals surface area (Å²) in [5, 5.41) is 0. The Kier molecular flexibility index (Phi) is 13.4. The molecule has 7 nitrogen and oxygen atoms in total. The van der Waals surface area contributed by atoms with Crippen molar-refractivity contribution < 1.29 is 28.5 Å². The molecule has 5 aliphatic rings. The molecule has 5 atom stereocenters. The van der Waals surface area contributed by atoms with Crippen LogP contribution < -0.4 is 9.47 Å². The molecule has 280 valence electrons. The fourth-order valence-electron chi connectivity index (χ4n) is 10.4. The van der Waals surface area contributed by atoms with E-state index in [1.165, 1.54) is 63.4 Å². The first-order chi connectivity index (χ1) is 24.3. The molecule has 1 saturated carbocycles. The van der Waals surface area contributed by atoms with Crippen LogP contribution in [0.5, 0.6) is 11.5 Å². The van der Waals surface area contributed by atoms with Crippen LogP contribution >= 0.6 is 0 Å². The van der Waals surface area contributed by atoms with E-state index in [4.69, 9.17) is 18.9 Å². The Morgan fingerprint density at radius 1 is 0.820 bits per heavy atom. The third kappa shape index (κ3) is 7.23. The Labute approximate surface area is 303 Å². The molecular formula is C43H67NO6. The number of likely N-dealkylation sites (tertiary alicyclic amines) is 1. The molecule has 3 aliphatic carbocycles.